The highest BCUT2D eigenvalue weighted by Crippen LogP contribution is 2.26. The SMILES string of the molecule is COC(=O)C(CC(C)C)NC(=O)CCSc1ccccc1Cl. The van der Waals surface area contributed by atoms with Crippen molar-refractivity contribution >= 4 is 35.2 Å². The summed E-state index contributed by atoms with van der Waals surface area (Å²) >= 11 is 7.58. The Bertz CT molecular complexity index is 508. The second kappa shape index (κ2) is 9.74. The summed E-state index contributed by atoms with van der Waals surface area (Å²) < 4.78 is 4.73. The smallest absolute Gasteiger partial charge is 0.328 e. The van der Waals surface area contributed by atoms with Crippen LogP contribution in [0, 0.1) is 5.92 Å². The van der Waals surface area contributed by atoms with Crippen LogP contribution in [0.5, 0.6) is 0 Å². The van der Waals surface area contributed by atoms with Gasteiger partial charge in [0.2, 0.25) is 5.91 Å². The van der Waals surface area contributed by atoms with Crippen LogP contribution in [-0.2, 0) is 14.3 Å². The molecule has 0 radical (unpaired) electrons. The Morgan fingerprint density at radius 1 is 1.32 bits per heavy atom. The van der Waals surface area contributed by atoms with Gasteiger partial charge in [0.05, 0.1) is 12.1 Å². The number of carbonyl (C=O) groups excluding carboxylic acids is 2. The highest BCUT2D eigenvalue weighted by atomic mass is 35.5. The van der Waals surface area contributed by atoms with Crippen LogP contribution in [0.1, 0.15) is 26.7 Å². The molecule has 1 rings (SSSR count). The average molecular weight is 344 g/mol. The number of rotatable bonds is 8. The number of hydrogen-bond acceptors (Lipinski definition) is 4. The number of ether oxygens (including phenoxy) is 1. The molecule has 1 aromatic rings. The third-order valence-corrected chi connectivity index (χ3v) is 4.47. The first kappa shape index (κ1) is 18.8. The molecule has 1 amide bonds. The summed E-state index contributed by atoms with van der Waals surface area (Å²) in [6.07, 6.45) is 0.886. The summed E-state index contributed by atoms with van der Waals surface area (Å²) in [5.41, 5.74) is 0. The molecule has 6 heteroatoms. The first-order valence-corrected chi connectivity index (χ1v) is 8.55. The number of nitrogens with one attached hydrogen (secondary N) is 1. The Labute approximate surface area is 140 Å². The van der Waals surface area contributed by atoms with Gasteiger partial charge in [-0.2, -0.15) is 0 Å². The molecule has 0 aromatic heterocycles. The zero-order chi connectivity index (χ0) is 16.5. The summed E-state index contributed by atoms with van der Waals surface area (Å²) in [5.74, 6) is 0.337. The topological polar surface area (TPSA) is 55.4 Å². The monoisotopic (exact) mass is 343 g/mol. The van der Waals surface area contributed by atoms with E-state index in [-0.39, 0.29) is 5.91 Å². The van der Waals surface area contributed by atoms with Crippen molar-refractivity contribution < 1.29 is 14.3 Å². The van der Waals surface area contributed by atoms with Crippen molar-refractivity contribution in [3.63, 3.8) is 0 Å². The minimum Gasteiger partial charge on any atom is -0.467 e. The van der Waals surface area contributed by atoms with Gasteiger partial charge in [-0.15, -0.1) is 11.8 Å². The average Bonchev–Trinajstić information content (AvgIpc) is 2.47. The lowest BCUT2D eigenvalue weighted by Crippen LogP contribution is -2.42. The van der Waals surface area contributed by atoms with Crippen molar-refractivity contribution in [1.82, 2.24) is 5.32 Å². The van der Waals surface area contributed by atoms with Crippen molar-refractivity contribution in [3.8, 4) is 0 Å². The maximum atomic E-state index is 12.0. The number of hydrogen-bond donors (Lipinski definition) is 1. The third kappa shape index (κ3) is 6.71. The maximum Gasteiger partial charge on any atom is 0.328 e. The van der Waals surface area contributed by atoms with Crippen LogP contribution < -0.4 is 5.32 Å². The largest absolute Gasteiger partial charge is 0.467 e. The number of esters is 1. The lowest BCUT2D eigenvalue weighted by Gasteiger charge is -2.18. The predicted octanol–water partition coefficient (Wildman–Crippen LogP) is 3.53. The van der Waals surface area contributed by atoms with Gasteiger partial charge in [-0.1, -0.05) is 37.6 Å². The summed E-state index contributed by atoms with van der Waals surface area (Å²) in [4.78, 5) is 24.6. The van der Waals surface area contributed by atoms with Crippen LogP contribution in [0.25, 0.3) is 0 Å². The zero-order valence-corrected chi connectivity index (χ0v) is 14.7. The number of halogens is 1. The Balaban J connectivity index is 2.43. The lowest BCUT2D eigenvalue weighted by molar-refractivity contribution is -0.145. The molecule has 1 atom stereocenters. The highest BCUT2D eigenvalue weighted by Gasteiger charge is 2.22. The molecule has 1 N–H and O–H groups in total. The summed E-state index contributed by atoms with van der Waals surface area (Å²) in [5, 5.41) is 3.42. The van der Waals surface area contributed by atoms with E-state index in [2.05, 4.69) is 5.32 Å². The number of methoxy groups -OCH3 is 1. The van der Waals surface area contributed by atoms with E-state index in [9.17, 15) is 9.59 Å². The summed E-state index contributed by atoms with van der Waals surface area (Å²) in [6.45, 7) is 3.99. The Morgan fingerprint density at radius 2 is 2.00 bits per heavy atom. The van der Waals surface area contributed by atoms with E-state index in [0.717, 1.165) is 4.90 Å². The van der Waals surface area contributed by atoms with Gasteiger partial charge in [-0.25, -0.2) is 4.79 Å². The van der Waals surface area contributed by atoms with Gasteiger partial charge in [-0.3, -0.25) is 4.79 Å². The van der Waals surface area contributed by atoms with Gasteiger partial charge in [0.15, 0.2) is 0 Å². The van der Waals surface area contributed by atoms with Crippen molar-refractivity contribution in [2.24, 2.45) is 5.92 Å². The Morgan fingerprint density at radius 3 is 2.59 bits per heavy atom. The fourth-order valence-electron chi connectivity index (χ4n) is 1.91. The van der Waals surface area contributed by atoms with Gasteiger partial charge in [0.25, 0.3) is 0 Å². The molecule has 22 heavy (non-hydrogen) atoms. The maximum absolute atomic E-state index is 12.0. The van der Waals surface area contributed by atoms with Crippen LogP contribution in [-0.4, -0.2) is 30.8 Å². The summed E-state index contributed by atoms with van der Waals surface area (Å²) in [6, 6.07) is 6.93. The zero-order valence-electron chi connectivity index (χ0n) is 13.1. The number of carbonyl (C=O) groups is 2. The van der Waals surface area contributed by atoms with Crippen molar-refractivity contribution in [1.29, 1.82) is 0 Å². The van der Waals surface area contributed by atoms with Gasteiger partial charge >= 0.3 is 5.97 Å². The second-order valence-electron chi connectivity index (χ2n) is 5.30. The van der Waals surface area contributed by atoms with Crippen LogP contribution in [0.3, 0.4) is 0 Å². The van der Waals surface area contributed by atoms with E-state index >= 15 is 0 Å². The molecule has 122 valence electrons. The number of amides is 1. The Hall–Kier alpha value is -1.20. The van der Waals surface area contributed by atoms with E-state index in [1.807, 2.05) is 38.1 Å². The normalized spacial score (nSPS) is 12.0. The molecule has 0 bridgehead atoms. The molecule has 4 nitrogen and oxygen atoms in total. The highest BCUT2D eigenvalue weighted by molar-refractivity contribution is 7.99. The van der Waals surface area contributed by atoms with Crippen molar-refractivity contribution in [2.75, 3.05) is 12.9 Å². The van der Waals surface area contributed by atoms with Gasteiger partial charge < -0.3 is 10.1 Å². The van der Waals surface area contributed by atoms with Crippen LogP contribution in [0.4, 0.5) is 0 Å². The van der Waals surface area contributed by atoms with E-state index < -0.39 is 12.0 Å². The van der Waals surface area contributed by atoms with Crippen LogP contribution in [0.15, 0.2) is 29.2 Å². The first-order chi connectivity index (χ1) is 10.4. The lowest BCUT2D eigenvalue weighted by atomic mass is 10.0. The fraction of sp³-hybridized carbons (Fsp3) is 0.500. The second-order valence-corrected chi connectivity index (χ2v) is 6.85. The molecule has 0 aliphatic rings. The molecule has 0 saturated heterocycles. The standard InChI is InChI=1S/C16H22ClNO3S/c1-11(2)10-13(16(20)21-3)18-15(19)8-9-22-14-7-5-4-6-12(14)17/h4-7,11,13H,8-10H2,1-3H3,(H,18,19). The molecule has 1 unspecified atom stereocenters. The molecule has 0 spiro atoms. The molecule has 0 aliphatic heterocycles. The minimum atomic E-state index is -0.581. The van der Waals surface area contributed by atoms with Crippen molar-refractivity contribution in [2.45, 2.75) is 37.6 Å². The third-order valence-electron chi connectivity index (χ3n) is 2.95. The van der Waals surface area contributed by atoms with Crippen LogP contribution in [0.2, 0.25) is 5.02 Å². The molecule has 0 fully saturated rings. The molecule has 0 aliphatic carbocycles. The van der Waals surface area contributed by atoms with Gasteiger partial charge in [0.1, 0.15) is 6.04 Å². The van der Waals surface area contributed by atoms with E-state index in [1.54, 1.807) is 0 Å². The first-order valence-electron chi connectivity index (χ1n) is 7.18. The van der Waals surface area contributed by atoms with Gasteiger partial charge in [0, 0.05) is 17.1 Å². The molecule has 0 saturated carbocycles. The van der Waals surface area contributed by atoms with E-state index in [1.165, 1.54) is 18.9 Å². The van der Waals surface area contributed by atoms with Crippen molar-refractivity contribution in [3.05, 3.63) is 29.3 Å². The van der Waals surface area contributed by atoms with E-state index in [0.29, 0.717) is 29.5 Å². The fourth-order valence-corrected chi connectivity index (χ4v) is 3.10. The number of thioether (sulfide) groups is 1. The number of benzene rings is 1. The predicted molar refractivity (Wildman–Crippen MR) is 90.2 cm³/mol. The minimum absolute atomic E-state index is 0.157. The van der Waals surface area contributed by atoms with Crippen LogP contribution >= 0.6 is 23.4 Å². The quantitative estimate of drug-likeness (QED) is 0.579. The van der Waals surface area contributed by atoms with E-state index in [4.69, 9.17) is 16.3 Å². The summed E-state index contributed by atoms with van der Waals surface area (Å²) in [7, 11) is 1.33. The molecular weight excluding hydrogens is 322 g/mol. The Kier molecular flexibility index (Phi) is 8.35. The molecular formula is C16H22ClNO3S. The molecule has 0 heterocycles. The molecule has 1 aromatic carbocycles. The van der Waals surface area contributed by atoms with Gasteiger partial charge in [-0.05, 0) is 24.5 Å².